The molecule has 1 aromatic heterocycles. The highest BCUT2D eigenvalue weighted by molar-refractivity contribution is 7.07. The van der Waals surface area contributed by atoms with Crippen LogP contribution in [0, 0.1) is 0 Å². The summed E-state index contributed by atoms with van der Waals surface area (Å²) in [5, 5.41) is 2.06. The molecular formula is C29H26N2O4S. The highest BCUT2D eigenvalue weighted by atomic mass is 32.1. The fourth-order valence-electron chi connectivity index (χ4n) is 4.58. The summed E-state index contributed by atoms with van der Waals surface area (Å²) in [6.45, 7) is 6.24. The summed E-state index contributed by atoms with van der Waals surface area (Å²) in [5.41, 5.74) is 2.38. The molecule has 0 aliphatic carbocycles. The molecule has 2 heterocycles. The minimum Gasteiger partial charge on any atom is -0.493 e. The molecule has 4 aromatic rings. The maximum Gasteiger partial charge on any atom is 0.338 e. The molecule has 1 atom stereocenters. The van der Waals surface area contributed by atoms with E-state index in [4.69, 9.17) is 9.47 Å². The Labute approximate surface area is 212 Å². The molecule has 0 unspecified atom stereocenters. The molecule has 0 amide bonds. The monoisotopic (exact) mass is 498 g/mol. The largest absolute Gasteiger partial charge is 0.493 e. The van der Waals surface area contributed by atoms with E-state index in [0.717, 1.165) is 21.9 Å². The summed E-state index contributed by atoms with van der Waals surface area (Å²) < 4.78 is 13.4. The van der Waals surface area contributed by atoms with Crippen LogP contribution in [0.2, 0.25) is 0 Å². The average molecular weight is 499 g/mol. The lowest BCUT2D eigenvalue weighted by Gasteiger charge is -2.24. The molecule has 0 spiro atoms. The van der Waals surface area contributed by atoms with Gasteiger partial charge in [-0.3, -0.25) is 9.36 Å². The van der Waals surface area contributed by atoms with E-state index >= 15 is 0 Å². The van der Waals surface area contributed by atoms with Crippen molar-refractivity contribution in [3.8, 4) is 5.75 Å². The first-order chi connectivity index (χ1) is 17.5. The number of carbonyl (C=O) groups excluding carboxylic acids is 1. The topological polar surface area (TPSA) is 69.9 Å². The quantitative estimate of drug-likeness (QED) is 0.371. The average Bonchev–Trinajstić information content (AvgIpc) is 3.19. The zero-order valence-electron chi connectivity index (χ0n) is 20.4. The van der Waals surface area contributed by atoms with Gasteiger partial charge in [-0.1, -0.05) is 72.0 Å². The molecule has 3 aromatic carbocycles. The molecule has 5 rings (SSSR count). The number of carbonyl (C=O) groups is 1. The molecule has 7 heteroatoms. The normalized spacial score (nSPS) is 15.5. The van der Waals surface area contributed by atoms with Crippen molar-refractivity contribution in [3.63, 3.8) is 0 Å². The van der Waals surface area contributed by atoms with Crippen LogP contribution in [0.25, 0.3) is 16.8 Å². The number of esters is 1. The van der Waals surface area contributed by atoms with Gasteiger partial charge >= 0.3 is 5.97 Å². The van der Waals surface area contributed by atoms with Gasteiger partial charge < -0.3 is 9.47 Å². The lowest BCUT2D eigenvalue weighted by Crippen LogP contribution is -2.39. The number of ether oxygens (including phenoxy) is 2. The van der Waals surface area contributed by atoms with Crippen LogP contribution >= 0.6 is 11.3 Å². The van der Waals surface area contributed by atoms with Gasteiger partial charge in [-0.25, -0.2) is 9.79 Å². The Balaban J connectivity index is 1.77. The number of allylic oxidation sites excluding steroid dienone is 1. The fraction of sp³-hybridized carbons (Fsp3) is 0.207. The molecule has 6 nitrogen and oxygen atoms in total. The van der Waals surface area contributed by atoms with Gasteiger partial charge in [0.2, 0.25) is 0 Å². The SMILES string of the molecule is CCOC(=O)C1=C(C)N=c2sc(=Cc3c(OCC)ccc4ccccc34)c(=O)n2[C@H]1c1ccccc1. The molecule has 0 saturated heterocycles. The molecule has 1 aliphatic rings. The van der Waals surface area contributed by atoms with Gasteiger partial charge in [0.25, 0.3) is 5.56 Å². The second-order valence-electron chi connectivity index (χ2n) is 8.34. The lowest BCUT2D eigenvalue weighted by molar-refractivity contribution is -0.139. The second-order valence-corrected chi connectivity index (χ2v) is 9.35. The van der Waals surface area contributed by atoms with Crippen LogP contribution in [-0.2, 0) is 9.53 Å². The van der Waals surface area contributed by atoms with Crippen molar-refractivity contribution in [3.05, 3.63) is 109 Å². The number of thiazole rings is 1. The Hall–Kier alpha value is -3.97. The minimum atomic E-state index is -0.623. The fourth-order valence-corrected chi connectivity index (χ4v) is 5.61. The van der Waals surface area contributed by atoms with Crippen LogP contribution in [0.4, 0.5) is 0 Å². The van der Waals surface area contributed by atoms with Crippen LogP contribution in [0.5, 0.6) is 5.75 Å². The molecule has 0 saturated carbocycles. The van der Waals surface area contributed by atoms with E-state index in [9.17, 15) is 9.59 Å². The van der Waals surface area contributed by atoms with E-state index in [1.165, 1.54) is 11.3 Å². The van der Waals surface area contributed by atoms with Crippen molar-refractivity contribution >= 4 is 34.2 Å². The maximum absolute atomic E-state index is 13.9. The summed E-state index contributed by atoms with van der Waals surface area (Å²) in [7, 11) is 0. The molecule has 1 aliphatic heterocycles. The van der Waals surface area contributed by atoms with Crippen LogP contribution in [0.3, 0.4) is 0 Å². The van der Waals surface area contributed by atoms with E-state index in [-0.39, 0.29) is 12.2 Å². The predicted octanol–water partition coefficient (Wildman–Crippen LogP) is 4.35. The Morgan fingerprint density at radius 2 is 1.78 bits per heavy atom. The molecule has 36 heavy (non-hydrogen) atoms. The van der Waals surface area contributed by atoms with Gasteiger partial charge in [-0.05, 0) is 49.2 Å². The van der Waals surface area contributed by atoms with Crippen molar-refractivity contribution in [2.45, 2.75) is 26.8 Å². The zero-order valence-corrected chi connectivity index (χ0v) is 21.2. The van der Waals surface area contributed by atoms with E-state index in [0.29, 0.717) is 33.0 Å². The summed E-state index contributed by atoms with van der Waals surface area (Å²) in [4.78, 5) is 32.1. The van der Waals surface area contributed by atoms with Gasteiger partial charge in [0.15, 0.2) is 4.80 Å². The Kier molecular flexibility index (Phi) is 6.57. The lowest BCUT2D eigenvalue weighted by atomic mass is 9.96. The number of hydrogen-bond acceptors (Lipinski definition) is 6. The van der Waals surface area contributed by atoms with Gasteiger partial charge in [-0.2, -0.15) is 0 Å². The first-order valence-electron chi connectivity index (χ1n) is 11.9. The Morgan fingerprint density at radius 1 is 1.03 bits per heavy atom. The van der Waals surface area contributed by atoms with E-state index < -0.39 is 12.0 Å². The molecule has 0 fully saturated rings. The van der Waals surface area contributed by atoms with Gasteiger partial charge in [0.1, 0.15) is 5.75 Å². The second kappa shape index (κ2) is 9.95. The molecule has 182 valence electrons. The summed E-state index contributed by atoms with van der Waals surface area (Å²) in [6.07, 6.45) is 1.88. The van der Waals surface area contributed by atoms with Crippen molar-refractivity contribution < 1.29 is 14.3 Å². The van der Waals surface area contributed by atoms with Crippen molar-refractivity contribution in [1.82, 2.24) is 4.57 Å². The minimum absolute atomic E-state index is 0.211. The number of rotatable bonds is 6. The summed E-state index contributed by atoms with van der Waals surface area (Å²) >= 11 is 1.31. The van der Waals surface area contributed by atoms with Gasteiger partial charge in [0.05, 0.1) is 35.1 Å². The van der Waals surface area contributed by atoms with Crippen LogP contribution in [0.1, 0.15) is 37.9 Å². The number of hydrogen-bond donors (Lipinski definition) is 0. The molecule has 0 N–H and O–H groups in total. The van der Waals surface area contributed by atoms with Gasteiger partial charge in [-0.15, -0.1) is 0 Å². The maximum atomic E-state index is 13.9. The van der Waals surface area contributed by atoms with Crippen LogP contribution < -0.4 is 19.6 Å². The van der Waals surface area contributed by atoms with E-state index in [1.807, 2.05) is 79.7 Å². The standard InChI is InChI=1S/C29H26N2O4S/c1-4-34-23-16-15-19-11-9-10-14-21(19)22(23)17-24-27(32)31-26(20-12-7-6-8-13-20)25(28(33)35-5-2)18(3)30-29(31)36-24/h6-17,26H,4-5H2,1-3H3/t26-/m0/s1. The summed E-state index contributed by atoms with van der Waals surface area (Å²) in [5.74, 6) is 0.250. The number of benzene rings is 3. The third kappa shape index (κ3) is 4.16. The smallest absolute Gasteiger partial charge is 0.338 e. The number of fused-ring (bicyclic) bond motifs is 2. The van der Waals surface area contributed by atoms with E-state index in [1.54, 1.807) is 18.4 Å². The molecule has 0 bridgehead atoms. The molecule has 0 radical (unpaired) electrons. The summed E-state index contributed by atoms with van der Waals surface area (Å²) in [6, 6.07) is 20.9. The number of aromatic nitrogens is 1. The zero-order chi connectivity index (χ0) is 25.2. The number of nitrogens with zero attached hydrogens (tertiary/aromatic N) is 2. The van der Waals surface area contributed by atoms with Crippen molar-refractivity contribution in [2.75, 3.05) is 13.2 Å². The van der Waals surface area contributed by atoms with Crippen molar-refractivity contribution in [1.29, 1.82) is 0 Å². The van der Waals surface area contributed by atoms with E-state index in [2.05, 4.69) is 4.99 Å². The third-order valence-corrected chi connectivity index (χ3v) is 7.12. The van der Waals surface area contributed by atoms with Crippen LogP contribution in [0.15, 0.2) is 87.8 Å². The Morgan fingerprint density at radius 3 is 2.53 bits per heavy atom. The first kappa shape index (κ1) is 23.8. The highest BCUT2D eigenvalue weighted by Gasteiger charge is 2.33. The van der Waals surface area contributed by atoms with Gasteiger partial charge in [0, 0.05) is 5.56 Å². The molecular weight excluding hydrogens is 472 g/mol. The van der Waals surface area contributed by atoms with Crippen molar-refractivity contribution in [2.24, 2.45) is 4.99 Å². The highest BCUT2D eigenvalue weighted by Crippen LogP contribution is 2.31. The first-order valence-corrected chi connectivity index (χ1v) is 12.7. The predicted molar refractivity (Wildman–Crippen MR) is 142 cm³/mol. The Bertz CT molecular complexity index is 1670. The van der Waals surface area contributed by atoms with Crippen LogP contribution in [-0.4, -0.2) is 23.8 Å². The third-order valence-electron chi connectivity index (χ3n) is 6.14.